The van der Waals surface area contributed by atoms with Gasteiger partial charge >= 0.3 is 0 Å². The molecule has 1 N–H and O–H groups in total. The second kappa shape index (κ2) is 4.72. The molecule has 2 atom stereocenters. The summed E-state index contributed by atoms with van der Waals surface area (Å²) in [4.78, 5) is 21.7. The summed E-state index contributed by atoms with van der Waals surface area (Å²) in [6, 6.07) is 2.13. The zero-order chi connectivity index (χ0) is 12.5. The molecule has 96 valence electrons. The maximum atomic E-state index is 11.4. The third kappa shape index (κ3) is 2.27. The molecule has 1 aromatic heterocycles. The van der Waals surface area contributed by atoms with Crippen molar-refractivity contribution >= 4 is 23.3 Å². The van der Waals surface area contributed by atoms with Gasteiger partial charge in [0.1, 0.15) is 17.3 Å². The van der Waals surface area contributed by atoms with Crippen LogP contribution >= 0.6 is 11.6 Å². The van der Waals surface area contributed by atoms with Gasteiger partial charge in [-0.2, -0.15) is 0 Å². The van der Waals surface area contributed by atoms with E-state index in [1.165, 1.54) is 6.33 Å². The topological polar surface area (TPSA) is 58.1 Å². The van der Waals surface area contributed by atoms with Gasteiger partial charge in [0.05, 0.1) is 0 Å². The van der Waals surface area contributed by atoms with Gasteiger partial charge in [-0.05, 0) is 18.8 Å². The van der Waals surface area contributed by atoms with Crippen LogP contribution in [0.3, 0.4) is 0 Å². The Bertz CT molecular complexity index is 467. The van der Waals surface area contributed by atoms with Crippen LogP contribution in [0, 0.1) is 5.92 Å². The van der Waals surface area contributed by atoms with Crippen molar-refractivity contribution in [3.8, 4) is 0 Å². The van der Waals surface area contributed by atoms with Gasteiger partial charge in [-0.25, -0.2) is 9.97 Å². The van der Waals surface area contributed by atoms with E-state index in [-0.39, 0.29) is 5.91 Å². The van der Waals surface area contributed by atoms with Gasteiger partial charge in [0.2, 0.25) is 5.91 Å². The minimum atomic E-state index is 0.190. The summed E-state index contributed by atoms with van der Waals surface area (Å²) in [5.74, 6) is 1.59. The van der Waals surface area contributed by atoms with E-state index >= 15 is 0 Å². The molecule has 0 aromatic carbocycles. The van der Waals surface area contributed by atoms with E-state index in [9.17, 15) is 4.79 Å². The van der Waals surface area contributed by atoms with E-state index in [4.69, 9.17) is 11.6 Å². The van der Waals surface area contributed by atoms with E-state index in [2.05, 4.69) is 20.2 Å². The molecule has 0 saturated carbocycles. The van der Waals surface area contributed by atoms with Crippen LogP contribution in [0.1, 0.15) is 19.3 Å². The Hall–Kier alpha value is -1.36. The van der Waals surface area contributed by atoms with Crippen LogP contribution in [-0.4, -0.2) is 35.0 Å². The summed E-state index contributed by atoms with van der Waals surface area (Å²) in [5, 5.41) is 3.55. The average molecular weight is 267 g/mol. The normalized spacial score (nSPS) is 27.6. The molecule has 2 fully saturated rings. The maximum Gasteiger partial charge on any atom is 0.220 e. The number of carbonyl (C=O) groups is 1. The van der Waals surface area contributed by atoms with E-state index in [0.29, 0.717) is 23.5 Å². The van der Waals surface area contributed by atoms with Gasteiger partial charge in [0, 0.05) is 31.6 Å². The van der Waals surface area contributed by atoms with E-state index in [0.717, 1.165) is 31.7 Å². The van der Waals surface area contributed by atoms with Crippen molar-refractivity contribution in [3.63, 3.8) is 0 Å². The zero-order valence-corrected chi connectivity index (χ0v) is 10.7. The lowest BCUT2D eigenvalue weighted by Crippen LogP contribution is -2.54. The van der Waals surface area contributed by atoms with Crippen LogP contribution < -0.4 is 10.2 Å². The molecule has 1 aromatic rings. The number of fused-ring (bicyclic) bond motifs is 1. The minimum Gasteiger partial charge on any atom is -0.356 e. The van der Waals surface area contributed by atoms with Gasteiger partial charge < -0.3 is 10.2 Å². The Morgan fingerprint density at radius 1 is 1.39 bits per heavy atom. The van der Waals surface area contributed by atoms with Crippen molar-refractivity contribution < 1.29 is 4.79 Å². The maximum absolute atomic E-state index is 11.4. The van der Waals surface area contributed by atoms with Gasteiger partial charge in [0.15, 0.2) is 0 Å². The Labute approximate surface area is 111 Å². The highest BCUT2D eigenvalue weighted by molar-refractivity contribution is 6.29. The molecule has 0 radical (unpaired) electrons. The summed E-state index contributed by atoms with van der Waals surface area (Å²) < 4.78 is 0. The molecular weight excluding hydrogens is 252 g/mol. The summed E-state index contributed by atoms with van der Waals surface area (Å²) >= 11 is 5.89. The number of amides is 1. The third-order valence-corrected chi connectivity index (χ3v) is 3.97. The minimum absolute atomic E-state index is 0.190. The highest BCUT2D eigenvalue weighted by Gasteiger charge is 2.34. The van der Waals surface area contributed by atoms with E-state index in [1.807, 2.05) is 0 Å². The molecule has 2 saturated heterocycles. The summed E-state index contributed by atoms with van der Waals surface area (Å²) in [7, 11) is 0. The summed E-state index contributed by atoms with van der Waals surface area (Å²) in [6.07, 6.45) is 4.07. The zero-order valence-electron chi connectivity index (χ0n) is 9.97. The largest absolute Gasteiger partial charge is 0.356 e. The van der Waals surface area contributed by atoms with Crippen LogP contribution in [0.15, 0.2) is 12.4 Å². The molecule has 0 aliphatic carbocycles. The number of rotatable bonds is 1. The number of hydrogen-bond acceptors (Lipinski definition) is 4. The van der Waals surface area contributed by atoms with Crippen LogP contribution in [0.5, 0.6) is 0 Å². The second-order valence-corrected chi connectivity index (χ2v) is 5.29. The number of nitrogens with one attached hydrogen (secondary N) is 1. The molecule has 2 aliphatic rings. The fourth-order valence-corrected chi connectivity index (χ4v) is 2.96. The number of anilines is 1. The Morgan fingerprint density at radius 3 is 3.11 bits per heavy atom. The smallest absolute Gasteiger partial charge is 0.220 e. The summed E-state index contributed by atoms with van der Waals surface area (Å²) in [5.41, 5.74) is 0. The first-order chi connectivity index (χ1) is 8.72. The van der Waals surface area contributed by atoms with Crippen LogP contribution in [-0.2, 0) is 4.79 Å². The number of halogens is 1. The van der Waals surface area contributed by atoms with Crippen molar-refractivity contribution in [2.45, 2.75) is 25.3 Å². The fourth-order valence-electron chi connectivity index (χ4n) is 2.82. The molecule has 5 nitrogen and oxygen atoms in total. The first-order valence-electron chi connectivity index (χ1n) is 6.24. The van der Waals surface area contributed by atoms with Gasteiger partial charge in [-0.1, -0.05) is 11.6 Å². The van der Waals surface area contributed by atoms with E-state index < -0.39 is 0 Å². The van der Waals surface area contributed by atoms with Crippen LogP contribution in [0.25, 0.3) is 0 Å². The molecule has 6 heteroatoms. The van der Waals surface area contributed by atoms with Crippen molar-refractivity contribution in [2.24, 2.45) is 5.92 Å². The van der Waals surface area contributed by atoms with Gasteiger partial charge in [0.25, 0.3) is 0 Å². The predicted molar refractivity (Wildman–Crippen MR) is 68.5 cm³/mol. The van der Waals surface area contributed by atoms with Crippen molar-refractivity contribution in [1.29, 1.82) is 0 Å². The van der Waals surface area contributed by atoms with Crippen molar-refractivity contribution in [2.75, 3.05) is 18.0 Å². The molecule has 2 unspecified atom stereocenters. The highest BCUT2D eigenvalue weighted by Crippen LogP contribution is 2.28. The number of aromatic nitrogens is 2. The molecule has 3 rings (SSSR count). The number of hydrogen-bond donors (Lipinski definition) is 1. The first-order valence-corrected chi connectivity index (χ1v) is 6.62. The van der Waals surface area contributed by atoms with Gasteiger partial charge in [-0.3, -0.25) is 4.79 Å². The summed E-state index contributed by atoms with van der Waals surface area (Å²) in [6.45, 7) is 1.83. The highest BCUT2D eigenvalue weighted by atomic mass is 35.5. The number of nitrogens with zero attached hydrogens (tertiary/aromatic N) is 3. The molecule has 3 heterocycles. The Morgan fingerprint density at radius 2 is 2.28 bits per heavy atom. The van der Waals surface area contributed by atoms with Gasteiger partial charge in [-0.15, -0.1) is 0 Å². The standard InChI is InChI=1S/C12H15ClN4O/c13-10-5-11(15-7-14-10)17-4-3-9-8(6-17)1-2-12(18)16-9/h5,7-9H,1-4,6H2,(H,16,18). The lowest BCUT2D eigenvalue weighted by Gasteiger charge is -2.41. The fraction of sp³-hybridized carbons (Fsp3) is 0.583. The number of piperidine rings is 2. The van der Waals surface area contributed by atoms with Crippen LogP contribution in [0.2, 0.25) is 5.15 Å². The lowest BCUT2D eigenvalue weighted by atomic mass is 9.85. The first kappa shape index (κ1) is 11.7. The molecule has 0 bridgehead atoms. The monoisotopic (exact) mass is 266 g/mol. The third-order valence-electron chi connectivity index (χ3n) is 3.77. The van der Waals surface area contributed by atoms with Crippen LogP contribution in [0.4, 0.5) is 5.82 Å². The Kier molecular flexibility index (Phi) is 3.07. The number of carbonyl (C=O) groups excluding carboxylic acids is 1. The molecule has 1 amide bonds. The molecular formula is C12H15ClN4O. The lowest BCUT2D eigenvalue weighted by molar-refractivity contribution is -0.124. The molecule has 0 spiro atoms. The average Bonchev–Trinajstić information content (AvgIpc) is 2.38. The Balaban J connectivity index is 1.72. The quantitative estimate of drug-likeness (QED) is 0.777. The molecule has 18 heavy (non-hydrogen) atoms. The van der Waals surface area contributed by atoms with E-state index in [1.54, 1.807) is 6.07 Å². The van der Waals surface area contributed by atoms with Crippen molar-refractivity contribution in [1.82, 2.24) is 15.3 Å². The molecule has 2 aliphatic heterocycles. The van der Waals surface area contributed by atoms with Crippen molar-refractivity contribution in [3.05, 3.63) is 17.5 Å². The SMILES string of the molecule is O=C1CCC2CN(c3cc(Cl)ncn3)CCC2N1. The second-order valence-electron chi connectivity index (χ2n) is 4.91. The predicted octanol–water partition coefficient (Wildman–Crippen LogP) is 1.23.